The van der Waals surface area contributed by atoms with E-state index in [0.717, 1.165) is 5.56 Å². The lowest BCUT2D eigenvalue weighted by molar-refractivity contribution is -0.385. The Balaban J connectivity index is 1.71. The molecule has 9 heteroatoms. The van der Waals surface area contributed by atoms with Crippen molar-refractivity contribution >= 4 is 11.6 Å². The van der Waals surface area contributed by atoms with Crippen molar-refractivity contribution in [2.45, 2.75) is 13.5 Å². The summed E-state index contributed by atoms with van der Waals surface area (Å²) < 4.78 is 10.7. The third kappa shape index (κ3) is 5.10. The van der Waals surface area contributed by atoms with Gasteiger partial charge in [0.15, 0.2) is 11.5 Å². The summed E-state index contributed by atoms with van der Waals surface area (Å²) in [6, 6.07) is 12.1. The molecule has 0 aliphatic carbocycles. The Labute approximate surface area is 180 Å². The van der Waals surface area contributed by atoms with Crippen molar-refractivity contribution in [3.8, 4) is 17.6 Å². The number of nitro benzene ring substituents is 1. The van der Waals surface area contributed by atoms with E-state index in [2.05, 4.69) is 11.0 Å². The molecule has 162 valence electrons. The lowest BCUT2D eigenvalue weighted by Gasteiger charge is -2.34. The Bertz CT molecular complexity index is 992. The fraction of sp³-hybridized carbons (Fsp3) is 0.364. The normalized spacial score (nSPS) is 14.0. The number of benzene rings is 2. The number of carbonyl (C=O) groups excluding carboxylic acids is 1. The summed E-state index contributed by atoms with van der Waals surface area (Å²) in [6.45, 7) is 5.01. The van der Waals surface area contributed by atoms with Crippen LogP contribution in [0.5, 0.6) is 11.5 Å². The molecule has 2 aromatic carbocycles. The van der Waals surface area contributed by atoms with Gasteiger partial charge in [0.1, 0.15) is 5.56 Å². The van der Waals surface area contributed by atoms with E-state index in [1.807, 2.05) is 12.1 Å². The minimum atomic E-state index is -0.573. The number of nitro groups is 1. The van der Waals surface area contributed by atoms with E-state index in [0.29, 0.717) is 44.9 Å². The number of methoxy groups -OCH3 is 1. The van der Waals surface area contributed by atoms with E-state index in [-0.39, 0.29) is 22.7 Å². The topological polar surface area (TPSA) is 109 Å². The van der Waals surface area contributed by atoms with Crippen LogP contribution >= 0.6 is 0 Å². The van der Waals surface area contributed by atoms with Crippen LogP contribution in [0.3, 0.4) is 0 Å². The van der Waals surface area contributed by atoms with Gasteiger partial charge >= 0.3 is 0 Å². The maximum absolute atomic E-state index is 13.1. The zero-order valence-electron chi connectivity index (χ0n) is 17.5. The van der Waals surface area contributed by atoms with Gasteiger partial charge in [0.05, 0.1) is 36.3 Å². The first-order valence-electron chi connectivity index (χ1n) is 9.96. The number of nitriles is 1. The van der Waals surface area contributed by atoms with Crippen LogP contribution in [-0.2, 0) is 6.54 Å². The molecule has 1 heterocycles. The molecule has 0 atom stereocenters. The highest BCUT2D eigenvalue weighted by atomic mass is 16.6. The minimum Gasteiger partial charge on any atom is -0.493 e. The number of hydrogen-bond acceptors (Lipinski definition) is 7. The van der Waals surface area contributed by atoms with Gasteiger partial charge in [-0.1, -0.05) is 12.1 Å². The molecule has 31 heavy (non-hydrogen) atoms. The molecular weight excluding hydrogens is 400 g/mol. The summed E-state index contributed by atoms with van der Waals surface area (Å²) in [6.07, 6.45) is 0. The van der Waals surface area contributed by atoms with E-state index >= 15 is 0 Å². The van der Waals surface area contributed by atoms with Crippen molar-refractivity contribution in [1.29, 1.82) is 5.26 Å². The van der Waals surface area contributed by atoms with Crippen molar-refractivity contribution < 1.29 is 19.2 Å². The fourth-order valence-electron chi connectivity index (χ4n) is 3.52. The highest BCUT2D eigenvalue weighted by Gasteiger charge is 2.30. The third-order valence-electron chi connectivity index (χ3n) is 5.16. The Morgan fingerprint density at radius 1 is 1.16 bits per heavy atom. The van der Waals surface area contributed by atoms with Crippen molar-refractivity contribution in [2.24, 2.45) is 0 Å². The van der Waals surface area contributed by atoms with Gasteiger partial charge in [0.25, 0.3) is 11.6 Å². The van der Waals surface area contributed by atoms with Crippen LogP contribution in [-0.4, -0.2) is 60.5 Å². The van der Waals surface area contributed by atoms with Crippen LogP contribution in [0.4, 0.5) is 5.69 Å². The Kier molecular flexibility index (Phi) is 7.05. The Morgan fingerprint density at radius 3 is 2.39 bits per heavy atom. The summed E-state index contributed by atoms with van der Waals surface area (Å²) in [5.74, 6) is 0.127. The maximum atomic E-state index is 13.1. The zero-order chi connectivity index (χ0) is 22.4. The second-order valence-electron chi connectivity index (χ2n) is 7.09. The van der Waals surface area contributed by atoms with Crippen molar-refractivity contribution in [2.75, 3.05) is 39.9 Å². The molecule has 1 amide bonds. The average molecular weight is 424 g/mol. The van der Waals surface area contributed by atoms with Gasteiger partial charge < -0.3 is 14.4 Å². The van der Waals surface area contributed by atoms with E-state index in [1.165, 1.54) is 19.2 Å². The fourth-order valence-corrected chi connectivity index (χ4v) is 3.52. The number of piperazine rings is 1. The lowest BCUT2D eigenvalue weighted by atomic mass is 10.1. The lowest BCUT2D eigenvalue weighted by Crippen LogP contribution is -2.48. The van der Waals surface area contributed by atoms with Gasteiger partial charge in [-0.3, -0.25) is 19.8 Å². The molecule has 0 unspecified atom stereocenters. The number of hydrogen-bond donors (Lipinski definition) is 0. The molecule has 3 rings (SSSR count). The minimum absolute atomic E-state index is 0.00848. The number of amides is 1. The average Bonchev–Trinajstić information content (AvgIpc) is 2.79. The molecule has 1 aliphatic heterocycles. The predicted molar refractivity (Wildman–Crippen MR) is 113 cm³/mol. The molecule has 0 saturated carbocycles. The first-order valence-corrected chi connectivity index (χ1v) is 9.96. The van der Waals surface area contributed by atoms with Crippen LogP contribution in [0.2, 0.25) is 0 Å². The van der Waals surface area contributed by atoms with Crippen LogP contribution in [0.15, 0.2) is 36.4 Å². The van der Waals surface area contributed by atoms with Gasteiger partial charge in [-0.2, -0.15) is 5.26 Å². The van der Waals surface area contributed by atoms with Crippen LogP contribution in [0, 0.1) is 21.4 Å². The van der Waals surface area contributed by atoms with E-state index in [1.54, 1.807) is 24.0 Å². The zero-order valence-corrected chi connectivity index (χ0v) is 17.5. The first-order chi connectivity index (χ1) is 15.0. The molecule has 1 fully saturated rings. The molecule has 9 nitrogen and oxygen atoms in total. The molecule has 0 aromatic heterocycles. The second kappa shape index (κ2) is 9.91. The first kappa shape index (κ1) is 22.1. The Morgan fingerprint density at radius 2 is 1.84 bits per heavy atom. The van der Waals surface area contributed by atoms with E-state index in [4.69, 9.17) is 14.7 Å². The number of ether oxygens (including phenoxy) is 2. The second-order valence-corrected chi connectivity index (χ2v) is 7.09. The molecule has 2 aromatic rings. The van der Waals surface area contributed by atoms with E-state index in [9.17, 15) is 14.9 Å². The number of rotatable bonds is 7. The number of carbonyl (C=O) groups is 1. The van der Waals surface area contributed by atoms with Crippen LogP contribution < -0.4 is 9.47 Å². The van der Waals surface area contributed by atoms with Gasteiger partial charge in [0, 0.05) is 38.8 Å². The smallest absolute Gasteiger partial charge is 0.286 e. The van der Waals surface area contributed by atoms with Gasteiger partial charge in [-0.15, -0.1) is 0 Å². The molecule has 0 spiro atoms. The summed E-state index contributed by atoms with van der Waals surface area (Å²) >= 11 is 0. The monoisotopic (exact) mass is 424 g/mol. The van der Waals surface area contributed by atoms with E-state index < -0.39 is 10.8 Å². The molecule has 0 radical (unpaired) electrons. The van der Waals surface area contributed by atoms with Gasteiger partial charge in [0.2, 0.25) is 0 Å². The van der Waals surface area contributed by atoms with Gasteiger partial charge in [-0.05, 0) is 24.6 Å². The predicted octanol–water partition coefficient (Wildman–Crippen LogP) is 2.83. The molecular formula is C22H24N4O5. The Hall–Kier alpha value is -3.64. The number of nitrogens with zero attached hydrogens (tertiary/aromatic N) is 4. The van der Waals surface area contributed by atoms with Crippen molar-refractivity contribution in [3.63, 3.8) is 0 Å². The molecule has 1 saturated heterocycles. The standard InChI is InChI=1S/C22H24N4O5/c1-3-31-21-13-19(26(28)29)18(12-20(21)30-2)22(27)25-10-8-24(9-11-25)15-17-6-4-16(14-23)5-7-17/h4-7,12-13H,3,8-11,15H2,1-2H3. The van der Waals surface area contributed by atoms with Crippen LogP contribution in [0.1, 0.15) is 28.4 Å². The van der Waals surface area contributed by atoms with Crippen molar-refractivity contribution in [3.05, 3.63) is 63.2 Å². The maximum Gasteiger partial charge on any atom is 0.286 e. The quantitative estimate of drug-likeness (QED) is 0.497. The van der Waals surface area contributed by atoms with Gasteiger partial charge in [-0.25, -0.2) is 0 Å². The van der Waals surface area contributed by atoms with Crippen LogP contribution in [0.25, 0.3) is 0 Å². The van der Waals surface area contributed by atoms with Crippen molar-refractivity contribution in [1.82, 2.24) is 9.80 Å². The molecule has 0 N–H and O–H groups in total. The molecule has 0 bridgehead atoms. The highest BCUT2D eigenvalue weighted by Crippen LogP contribution is 2.35. The molecule has 1 aliphatic rings. The summed E-state index contributed by atoms with van der Waals surface area (Å²) in [5.41, 5.74) is 1.40. The summed E-state index contributed by atoms with van der Waals surface area (Å²) in [7, 11) is 1.43. The third-order valence-corrected chi connectivity index (χ3v) is 5.16. The largest absolute Gasteiger partial charge is 0.493 e. The summed E-state index contributed by atoms with van der Waals surface area (Å²) in [5, 5.41) is 20.5. The summed E-state index contributed by atoms with van der Waals surface area (Å²) in [4.78, 5) is 27.9. The SMILES string of the molecule is CCOc1cc([N+](=O)[O-])c(C(=O)N2CCN(Cc3ccc(C#N)cc3)CC2)cc1OC. The highest BCUT2D eigenvalue weighted by molar-refractivity contribution is 5.99.